The molecule has 0 amide bonds. The minimum Gasteiger partial charge on any atom is -0.396 e. The number of hydrogen-bond donors (Lipinski definition) is 1. The van der Waals surface area contributed by atoms with Crippen LogP contribution in [0, 0.1) is 26.7 Å². The molecule has 5 nitrogen and oxygen atoms in total. The van der Waals surface area contributed by atoms with Crippen LogP contribution in [-0.2, 0) is 12.8 Å². The maximum Gasteiger partial charge on any atom is 0.150 e. The monoisotopic (exact) mass is 484 g/mol. The van der Waals surface area contributed by atoms with Gasteiger partial charge in [-0.05, 0) is 81.2 Å². The second-order valence-corrected chi connectivity index (χ2v) is 9.65. The summed E-state index contributed by atoms with van der Waals surface area (Å²) < 4.78 is 3.50. The zero-order valence-electron chi connectivity index (χ0n) is 19.3. The molecule has 1 aliphatic heterocycles. The maximum atomic E-state index is 9.54. The molecule has 1 N–H and O–H groups in total. The van der Waals surface area contributed by atoms with E-state index in [1.54, 1.807) is 0 Å². The van der Waals surface area contributed by atoms with Crippen LogP contribution in [0.15, 0.2) is 16.6 Å². The molecule has 166 valence electrons. The van der Waals surface area contributed by atoms with Gasteiger partial charge in [-0.1, -0.05) is 29.8 Å². The Morgan fingerprint density at radius 3 is 2.19 bits per heavy atom. The summed E-state index contributed by atoms with van der Waals surface area (Å²) in [6.45, 7) is 13.0. The number of hydrogen-bond acceptors (Lipinski definition) is 4. The first kappa shape index (κ1) is 22.3. The molecule has 0 spiro atoms. The molecule has 3 heterocycles. The van der Waals surface area contributed by atoms with Crippen LogP contribution in [-0.4, -0.2) is 39.3 Å². The molecule has 2 aromatic heterocycles. The molecule has 0 saturated carbocycles. The summed E-state index contributed by atoms with van der Waals surface area (Å²) in [5.74, 6) is 2.26. The number of aliphatic hydroxyl groups excluding tert-OH is 1. The summed E-state index contributed by atoms with van der Waals surface area (Å²) in [6.07, 6.45) is 3.94. The Hall–Kier alpha value is -1.92. The van der Waals surface area contributed by atoms with Crippen molar-refractivity contribution in [3.8, 4) is 5.69 Å². The van der Waals surface area contributed by atoms with Gasteiger partial charge in [0.1, 0.15) is 11.6 Å². The van der Waals surface area contributed by atoms with Gasteiger partial charge in [-0.2, -0.15) is 0 Å². The summed E-state index contributed by atoms with van der Waals surface area (Å²) in [5, 5.41) is 10.7. The van der Waals surface area contributed by atoms with Crippen molar-refractivity contribution in [3.63, 3.8) is 0 Å². The van der Waals surface area contributed by atoms with Gasteiger partial charge in [0.15, 0.2) is 5.65 Å². The van der Waals surface area contributed by atoms with Crippen molar-refractivity contribution >= 4 is 32.8 Å². The first-order chi connectivity index (χ1) is 14.9. The van der Waals surface area contributed by atoms with Crippen molar-refractivity contribution in [2.75, 3.05) is 24.6 Å². The second-order valence-electron chi connectivity index (χ2n) is 8.73. The highest BCUT2D eigenvalue weighted by Crippen LogP contribution is 2.37. The van der Waals surface area contributed by atoms with Crippen LogP contribution < -0.4 is 4.90 Å². The molecular weight excluding hydrogens is 452 g/mol. The van der Waals surface area contributed by atoms with Crippen LogP contribution in [0.5, 0.6) is 0 Å². The fourth-order valence-electron chi connectivity index (χ4n) is 4.92. The Morgan fingerprint density at radius 2 is 1.65 bits per heavy atom. The Labute approximate surface area is 193 Å². The van der Waals surface area contributed by atoms with Crippen molar-refractivity contribution in [1.29, 1.82) is 0 Å². The first-order valence-corrected chi connectivity index (χ1v) is 12.2. The highest BCUT2D eigenvalue weighted by Gasteiger charge is 2.26. The fourth-order valence-corrected chi connectivity index (χ4v) is 5.47. The average Bonchev–Trinajstić information content (AvgIpc) is 3.02. The summed E-state index contributed by atoms with van der Waals surface area (Å²) in [4.78, 5) is 12.3. The Kier molecular flexibility index (Phi) is 6.40. The molecule has 4 rings (SSSR count). The SMILES string of the molecule is CCc1cc(Br)cc(CC)c1-n1c(C)c(C)c2c(N3CCC(CO)CC3)nc(C)nc21. The average molecular weight is 485 g/mol. The normalized spacial score (nSPS) is 15.3. The lowest BCUT2D eigenvalue weighted by Gasteiger charge is -2.32. The standard InChI is InChI=1S/C25H33BrN4O/c1-6-19-12-21(26)13-20(7-2)23(19)30-16(4)15(3)22-24(27-17(5)28-25(22)30)29-10-8-18(14-31)9-11-29/h12-13,18,31H,6-11,14H2,1-5H3. The number of benzene rings is 1. The number of nitrogens with zero attached hydrogens (tertiary/aromatic N) is 4. The lowest BCUT2D eigenvalue weighted by molar-refractivity contribution is 0.203. The number of halogens is 1. The molecule has 0 bridgehead atoms. The van der Waals surface area contributed by atoms with Gasteiger partial charge in [0.05, 0.1) is 11.1 Å². The predicted molar refractivity (Wildman–Crippen MR) is 132 cm³/mol. The van der Waals surface area contributed by atoms with E-state index in [1.807, 2.05) is 6.92 Å². The molecule has 1 aromatic carbocycles. The van der Waals surface area contributed by atoms with Crippen molar-refractivity contribution in [2.45, 2.75) is 60.3 Å². The zero-order valence-corrected chi connectivity index (χ0v) is 20.9. The van der Waals surface area contributed by atoms with E-state index in [0.717, 1.165) is 65.9 Å². The van der Waals surface area contributed by atoms with Crippen LogP contribution in [0.2, 0.25) is 0 Å². The summed E-state index contributed by atoms with van der Waals surface area (Å²) in [7, 11) is 0. The van der Waals surface area contributed by atoms with E-state index in [9.17, 15) is 5.11 Å². The molecule has 3 aromatic rings. The van der Waals surface area contributed by atoms with Crippen LogP contribution in [0.25, 0.3) is 16.7 Å². The minimum atomic E-state index is 0.281. The van der Waals surface area contributed by atoms with E-state index in [0.29, 0.717) is 5.92 Å². The highest BCUT2D eigenvalue weighted by atomic mass is 79.9. The van der Waals surface area contributed by atoms with Crippen LogP contribution in [0.3, 0.4) is 0 Å². The third kappa shape index (κ3) is 3.89. The lowest BCUT2D eigenvalue weighted by atomic mass is 9.97. The van der Waals surface area contributed by atoms with E-state index < -0.39 is 0 Å². The van der Waals surface area contributed by atoms with E-state index in [2.05, 4.69) is 65.2 Å². The van der Waals surface area contributed by atoms with Crippen LogP contribution in [0.1, 0.15) is 54.9 Å². The van der Waals surface area contributed by atoms with Crippen LogP contribution in [0.4, 0.5) is 5.82 Å². The molecule has 0 aliphatic carbocycles. The number of anilines is 1. The van der Waals surface area contributed by atoms with Gasteiger partial charge in [-0.15, -0.1) is 0 Å². The van der Waals surface area contributed by atoms with E-state index in [1.165, 1.54) is 28.1 Å². The molecule has 0 radical (unpaired) electrons. The molecule has 1 saturated heterocycles. The minimum absolute atomic E-state index is 0.281. The number of aryl methyl sites for hydroxylation is 4. The summed E-state index contributed by atoms with van der Waals surface area (Å²) >= 11 is 3.70. The van der Waals surface area contributed by atoms with Crippen molar-refractivity contribution in [1.82, 2.24) is 14.5 Å². The summed E-state index contributed by atoms with van der Waals surface area (Å²) in [5.41, 5.74) is 7.41. The smallest absolute Gasteiger partial charge is 0.150 e. The Morgan fingerprint density at radius 1 is 1.03 bits per heavy atom. The highest BCUT2D eigenvalue weighted by molar-refractivity contribution is 9.10. The fraction of sp³-hybridized carbons (Fsp3) is 0.520. The molecule has 6 heteroatoms. The number of aromatic nitrogens is 3. The predicted octanol–water partition coefficient (Wildman–Crippen LogP) is 5.44. The molecule has 31 heavy (non-hydrogen) atoms. The quantitative estimate of drug-likeness (QED) is 0.523. The van der Waals surface area contributed by atoms with Crippen molar-refractivity contribution in [2.24, 2.45) is 5.92 Å². The molecule has 0 unspecified atom stereocenters. The number of rotatable bonds is 5. The van der Waals surface area contributed by atoms with Crippen LogP contribution >= 0.6 is 15.9 Å². The second kappa shape index (κ2) is 8.91. The van der Waals surface area contributed by atoms with Gasteiger partial charge in [0.25, 0.3) is 0 Å². The number of fused-ring (bicyclic) bond motifs is 1. The molecule has 0 atom stereocenters. The largest absolute Gasteiger partial charge is 0.396 e. The number of piperidine rings is 1. The number of aliphatic hydroxyl groups is 1. The van der Waals surface area contributed by atoms with Gasteiger partial charge in [-0.3, -0.25) is 4.57 Å². The van der Waals surface area contributed by atoms with Crippen molar-refractivity contribution in [3.05, 3.63) is 44.8 Å². The molecule has 1 fully saturated rings. The lowest BCUT2D eigenvalue weighted by Crippen LogP contribution is -2.35. The van der Waals surface area contributed by atoms with Crippen molar-refractivity contribution < 1.29 is 5.11 Å². The Balaban J connectivity index is 1.97. The molecular formula is C25H33BrN4O. The van der Waals surface area contributed by atoms with Gasteiger partial charge in [-0.25, -0.2) is 9.97 Å². The zero-order chi connectivity index (χ0) is 22.3. The van der Waals surface area contributed by atoms with Gasteiger partial charge < -0.3 is 10.0 Å². The maximum absolute atomic E-state index is 9.54. The van der Waals surface area contributed by atoms with E-state index >= 15 is 0 Å². The van der Waals surface area contributed by atoms with E-state index in [-0.39, 0.29) is 6.61 Å². The van der Waals surface area contributed by atoms with Gasteiger partial charge in [0.2, 0.25) is 0 Å². The Bertz CT molecular complexity index is 1090. The molecule has 1 aliphatic rings. The van der Waals surface area contributed by atoms with Gasteiger partial charge in [0, 0.05) is 29.9 Å². The third-order valence-corrected chi connectivity index (χ3v) is 7.30. The van der Waals surface area contributed by atoms with E-state index in [4.69, 9.17) is 9.97 Å². The topological polar surface area (TPSA) is 54.2 Å². The summed E-state index contributed by atoms with van der Waals surface area (Å²) in [6, 6.07) is 4.48. The first-order valence-electron chi connectivity index (χ1n) is 11.4. The third-order valence-electron chi connectivity index (χ3n) is 6.84. The van der Waals surface area contributed by atoms with Gasteiger partial charge >= 0.3 is 0 Å².